The third kappa shape index (κ3) is 5.55. The maximum Gasteiger partial charge on any atom is 0.295 e. The topological polar surface area (TPSA) is 76.5 Å². The number of ether oxygens (including phenoxy) is 1. The maximum atomic E-state index is 6.64. The highest BCUT2D eigenvalue weighted by molar-refractivity contribution is 5.74. The molecule has 2 heterocycles. The highest BCUT2D eigenvalue weighted by Gasteiger charge is 2.37. The molecule has 0 aliphatic carbocycles. The number of nitrogens with zero attached hydrogens (tertiary/aromatic N) is 2. The summed E-state index contributed by atoms with van der Waals surface area (Å²) in [5.41, 5.74) is 4.26. The summed E-state index contributed by atoms with van der Waals surface area (Å²) in [4.78, 5) is 4.52. The van der Waals surface area contributed by atoms with Crippen LogP contribution in [-0.2, 0) is 6.42 Å². The standard InChI is InChI=1S/C30H36N4O2/c1-35-27-16-7-5-14-24(27)21-25-22(18-20-34(31)29(25)23-12-3-2-4-13-23)11-9-10-19-32-30-33-26-15-6-8-17-28(26)36-30/h2-8,12-17,22,25,29H,9-11,18-21,31H2,1H3,(H,32,33). The fourth-order valence-corrected chi connectivity index (χ4v) is 5.70. The number of hydrogen-bond donors (Lipinski definition) is 2. The molecule has 5 rings (SSSR count). The van der Waals surface area contributed by atoms with Crippen molar-refractivity contribution in [1.29, 1.82) is 0 Å². The van der Waals surface area contributed by atoms with Crippen molar-refractivity contribution in [3.05, 3.63) is 90.0 Å². The second-order valence-electron chi connectivity index (χ2n) is 9.73. The van der Waals surface area contributed by atoms with Crippen LogP contribution in [0.15, 0.2) is 83.3 Å². The average Bonchev–Trinajstić information content (AvgIpc) is 3.33. The molecule has 0 radical (unpaired) electrons. The van der Waals surface area contributed by atoms with Gasteiger partial charge < -0.3 is 14.5 Å². The normalized spacial score (nSPS) is 20.4. The number of hydrogen-bond acceptors (Lipinski definition) is 6. The molecule has 1 fully saturated rings. The van der Waals surface area contributed by atoms with E-state index in [9.17, 15) is 0 Å². The van der Waals surface area contributed by atoms with Gasteiger partial charge in [0.1, 0.15) is 11.3 Å². The lowest BCUT2D eigenvalue weighted by atomic mass is 9.72. The van der Waals surface area contributed by atoms with Crippen molar-refractivity contribution in [2.45, 2.75) is 38.1 Å². The molecule has 0 amide bonds. The molecule has 0 spiro atoms. The van der Waals surface area contributed by atoms with E-state index in [-0.39, 0.29) is 6.04 Å². The summed E-state index contributed by atoms with van der Waals surface area (Å²) in [5, 5.41) is 5.41. The van der Waals surface area contributed by atoms with Crippen LogP contribution in [0.2, 0.25) is 0 Å². The van der Waals surface area contributed by atoms with Gasteiger partial charge in [-0.3, -0.25) is 5.84 Å². The summed E-state index contributed by atoms with van der Waals surface area (Å²) in [6.07, 6.45) is 5.44. The summed E-state index contributed by atoms with van der Waals surface area (Å²) in [6, 6.07) is 27.8. The number of hydrazine groups is 1. The minimum atomic E-state index is 0.188. The summed E-state index contributed by atoms with van der Waals surface area (Å²) in [6.45, 7) is 1.76. The minimum Gasteiger partial charge on any atom is -0.496 e. The Morgan fingerprint density at radius 2 is 1.78 bits per heavy atom. The molecule has 188 valence electrons. The molecule has 3 N–H and O–H groups in total. The van der Waals surface area contributed by atoms with Gasteiger partial charge in [-0.25, -0.2) is 5.01 Å². The molecule has 36 heavy (non-hydrogen) atoms. The first-order chi connectivity index (χ1) is 17.7. The van der Waals surface area contributed by atoms with Crippen LogP contribution in [0.3, 0.4) is 0 Å². The van der Waals surface area contributed by atoms with Gasteiger partial charge in [-0.05, 0) is 66.8 Å². The Balaban J connectivity index is 1.25. The van der Waals surface area contributed by atoms with Crippen LogP contribution in [0.25, 0.3) is 11.1 Å². The average molecular weight is 485 g/mol. The van der Waals surface area contributed by atoms with Gasteiger partial charge in [-0.15, -0.1) is 0 Å². The van der Waals surface area contributed by atoms with Crippen molar-refractivity contribution >= 4 is 17.1 Å². The van der Waals surface area contributed by atoms with Gasteiger partial charge in [0.05, 0.1) is 13.2 Å². The van der Waals surface area contributed by atoms with Crippen LogP contribution in [-0.4, -0.2) is 30.2 Å². The molecule has 3 unspecified atom stereocenters. The van der Waals surface area contributed by atoms with E-state index in [1.165, 1.54) is 17.5 Å². The molecule has 0 saturated carbocycles. The van der Waals surface area contributed by atoms with Crippen LogP contribution in [0.4, 0.5) is 6.01 Å². The lowest BCUT2D eigenvalue weighted by molar-refractivity contribution is 0.0414. The van der Waals surface area contributed by atoms with Crippen molar-refractivity contribution in [3.8, 4) is 5.75 Å². The van der Waals surface area contributed by atoms with Crippen LogP contribution in [0.1, 0.15) is 42.9 Å². The Bertz CT molecular complexity index is 1210. The molecule has 1 aromatic heterocycles. The Kier molecular flexibility index (Phi) is 7.84. The van der Waals surface area contributed by atoms with Crippen LogP contribution < -0.4 is 15.9 Å². The first kappa shape index (κ1) is 24.3. The zero-order valence-corrected chi connectivity index (χ0v) is 21.0. The number of piperidine rings is 1. The number of para-hydroxylation sites is 3. The highest BCUT2D eigenvalue weighted by atomic mass is 16.5. The fraction of sp³-hybridized carbons (Fsp3) is 0.367. The number of rotatable bonds is 10. The number of oxazole rings is 1. The molecule has 0 bridgehead atoms. The van der Waals surface area contributed by atoms with E-state index in [2.05, 4.69) is 63.8 Å². The number of nitrogens with two attached hydrogens (primary N) is 1. The Hall–Kier alpha value is -3.35. The first-order valence-corrected chi connectivity index (χ1v) is 13.0. The summed E-state index contributed by atoms with van der Waals surface area (Å²) < 4.78 is 11.5. The van der Waals surface area contributed by atoms with Gasteiger partial charge in [0.25, 0.3) is 6.01 Å². The number of methoxy groups -OCH3 is 1. The molecule has 6 heteroatoms. The monoisotopic (exact) mass is 484 g/mol. The molecule has 3 atom stereocenters. The summed E-state index contributed by atoms with van der Waals surface area (Å²) in [5.74, 6) is 8.59. The van der Waals surface area contributed by atoms with E-state index in [1.54, 1.807) is 7.11 Å². The predicted octanol–water partition coefficient (Wildman–Crippen LogP) is 6.21. The first-order valence-electron chi connectivity index (χ1n) is 13.0. The molecule has 1 aliphatic heterocycles. The molecule has 3 aromatic carbocycles. The van der Waals surface area contributed by atoms with E-state index in [1.807, 2.05) is 30.3 Å². The Morgan fingerprint density at radius 3 is 2.61 bits per heavy atom. The molecular weight excluding hydrogens is 448 g/mol. The molecular formula is C30H36N4O2. The summed E-state index contributed by atoms with van der Waals surface area (Å²) >= 11 is 0. The van der Waals surface area contributed by atoms with E-state index in [4.69, 9.17) is 15.0 Å². The van der Waals surface area contributed by atoms with E-state index >= 15 is 0 Å². The number of aromatic nitrogens is 1. The van der Waals surface area contributed by atoms with Gasteiger partial charge in [-0.2, -0.15) is 4.98 Å². The number of nitrogens with one attached hydrogen (secondary N) is 1. The van der Waals surface area contributed by atoms with Crippen molar-refractivity contribution in [3.63, 3.8) is 0 Å². The van der Waals surface area contributed by atoms with Crippen LogP contribution >= 0.6 is 0 Å². The molecule has 1 aliphatic rings. The Labute approximate surface area is 213 Å². The van der Waals surface area contributed by atoms with Gasteiger partial charge in [0.2, 0.25) is 0 Å². The van der Waals surface area contributed by atoms with E-state index in [0.717, 1.165) is 55.6 Å². The number of benzene rings is 3. The van der Waals surface area contributed by atoms with Crippen molar-refractivity contribution in [2.75, 3.05) is 25.5 Å². The lowest BCUT2D eigenvalue weighted by Crippen LogP contribution is -2.47. The van der Waals surface area contributed by atoms with Crippen molar-refractivity contribution in [2.24, 2.45) is 17.7 Å². The molecule has 6 nitrogen and oxygen atoms in total. The van der Waals surface area contributed by atoms with Crippen LogP contribution in [0, 0.1) is 11.8 Å². The second kappa shape index (κ2) is 11.6. The number of fused-ring (bicyclic) bond motifs is 1. The van der Waals surface area contributed by atoms with Gasteiger partial charge in [-0.1, -0.05) is 67.1 Å². The smallest absolute Gasteiger partial charge is 0.295 e. The second-order valence-corrected chi connectivity index (χ2v) is 9.73. The third-order valence-electron chi connectivity index (χ3n) is 7.49. The van der Waals surface area contributed by atoms with Gasteiger partial charge >= 0.3 is 0 Å². The van der Waals surface area contributed by atoms with Gasteiger partial charge in [0, 0.05) is 13.1 Å². The lowest BCUT2D eigenvalue weighted by Gasteiger charge is -2.44. The molecule has 1 saturated heterocycles. The zero-order chi connectivity index (χ0) is 24.7. The van der Waals surface area contributed by atoms with Crippen molar-refractivity contribution in [1.82, 2.24) is 9.99 Å². The summed E-state index contributed by atoms with van der Waals surface area (Å²) in [7, 11) is 1.75. The van der Waals surface area contributed by atoms with E-state index < -0.39 is 0 Å². The predicted molar refractivity (Wildman–Crippen MR) is 145 cm³/mol. The maximum absolute atomic E-state index is 6.64. The van der Waals surface area contributed by atoms with Crippen molar-refractivity contribution < 1.29 is 9.15 Å². The highest BCUT2D eigenvalue weighted by Crippen LogP contribution is 2.43. The third-order valence-corrected chi connectivity index (χ3v) is 7.49. The van der Waals surface area contributed by atoms with E-state index in [0.29, 0.717) is 17.9 Å². The quantitative estimate of drug-likeness (QED) is 0.206. The fourth-order valence-electron chi connectivity index (χ4n) is 5.70. The molecule has 4 aromatic rings. The minimum absolute atomic E-state index is 0.188. The largest absolute Gasteiger partial charge is 0.496 e. The number of anilines is 1. The zero-order valence-electron chi connectivity index (χ0n) is 21.0. The SMILES string of the molecule is COc1ccccc1CC1C(CCCCNc2nc3ccccc3o2)CCN(N)C1c1ccccc1. The Morgan fingerprint density at radius 1 is 1.00 bits per heavy atom. The van der Waals surface area contributed by atoms with Crippen LogP contribution in [0.5, 0.6) is 5.75 Å². The number of unbranched alkanes of at least 4 members (excludes halogenated alkanes) is 1. The van der Waals surface area contributed by atoms with Gasteiger partial charge in [0.15, 0.2) is 5.58 Å².